The first kappa shape index (κ1) is 16.2. The molecular weight excluding hydrogens is 300 g/mol. The van der Waals surface area contributed by atoms with Gasteiger partial charge >= 0.3 is 0 Å². The van der Waals surface area contributed by atoms with E-state index in [4.69, 9.17) is 21.7 Å². The van der Waals surface area contributed by atoms with Crippen molar-refractivity contribution in [2.24, 2.45) is 5.10 Å². The van der Waals surface area contributed by atoms with Gasteiger partial charge in [0.15, 0.2) is 5.82 Å². The average Bonchev–Trinajstić information content (AvgIpc) is 2.90. The van der Waals surface area contributed by atoms with E-state index in [1.807, 2.05) is 18.2 Å². The molecule has 0 saturated carbocycles. The van der Waals surface area contributed by atoms with E-state index in [0.717, 1.165) is 42.1 Å². The average molecular weight is 320 g/mol. The highest BCUT2D eigenvalue weighted by Gasteiger charge is 2.06. The topological polar surface area (TPSA) is 64.4 Å². The highest BCUT2D eigenvalue weighted by Crippen LogP contribution is 2.22. The minimum absolute atomic E-state index is 0.476. The third-order valence-corrected chi connectivity index (χ3v) is 3.48. The zero-order chi connectivity index (χ0) is 15.9. The fraction of sp³-hybridized carbons (Fsp3) is 0.400. The van der Waals surface area contributed by atoms with Crippen LogP contribution in [-0.2, 0) is 6.42 Å². The number of nitrogens with zero attached hydrogens (tertiary/aromatic N) is 3. The van der Waals surface area contributed by atoms with Crippen LogP contribution in [0.25, 0.3) is 0 Å². The summed E-state index contributed by atoms with van der Waals surface area (Å²) < 4.78 is 12.7. The van der Waals surface area contributed by atoms with Crippen LogP contribution in [0.5, 0.6) is 11.5 Å². The number of benzene rings is 1. The number of aromatic amines is 1. The lowest BCUT2D eigenvalue weighted by molar-refractivity contribution is 0.402. The van der Waals surface area contributed by atoms with E-state index in [1.54, 1.807) is 25.1 Å². The van der Waals surface area contributed by atoms with Crippen LogP contribution >= 0.6 is 12.2 Å². The minimum Gasteiger partial charge on any atom is -0.497 e. The van der Waals surface area contributed by atoms with Gasteiger partial charge in [0.05, 0.1) is 20.4 Å². The molecule has 0 saturated heterocycles. The van der Waals surface area contributed by atoms with E-state index in [2.05, 4.69) is 22.2 Å². The van der Waals surface area contributed by atoms with Gasteiger partial charge < -0.3 is 9.47 Å². The fourth-order valence-corrected chi connectivity index (χ4v) is 2.20. The molecule has 1 aromatic heterocycles. The van der Waals surface area contributed by atoms with E-state index >= 15 is 0 Å². The first-order valence-electron chi connectivity index (χ1n) is 7.12. The van der Waals surface area contributed by atoms with Crippen molar-refractivity contribution in [3.63, 3.8) is 0 Å². The molecule has 0 bridgehead atoms. The summed E-state index contributed by atoms with van der Waals surface area (Å²) in [7, 11) is 3.24. The molecule has 0 unspecified atom stereocenters. The van der Waals surface area contributed by atoms with Gasteiger partial charge in [0, 0.05) is 12.0 Å². The number of methoxy groups -OCH3 is 2. The van der Waals surface area contributed by atoms with Crippen molar-refractivity contribution in [2.45, 2.75) is 26.2 Å². The molecule has 0 radical (unpaired) electrons. The molecule has 1 heterocycles. The lowest BCUT2D eigenvalue weighted by atomic mass is 10.2. The Balaban J connectivity index is 2.32. The number of aryl methyl sites for hydroxylation is 1. The van der Waals surface area contributed by atoms with Gasteiger partial charge in [-0.2, -0.15) is 14.9 Å². The van der Waals surface area contributed by atoms with Crippen molar-refractivity contribution >= 4 is 18.4 Å². The highest BCUT2D eigenvalue weighted by molar-refractivity contribution is 7.71. The van der Waals surface area contributed by atoms with Crippen molar-refractivity contribution in [1.29, 1.82) is 0 Å². The van der Waals surface area contributed by atoms with Crippen molar-refractivity contribution in [3.8, 4) is 11.5 Å². The predicted molar refractivity (Wildman–Crippen MR) is 88.6 cm³/mol. The summed E-state index contributed by atoms with van der Waals surface area (Å²) in [6.07, 6.45) is 4.66. The largest absolute Gasteiger partial charge is 0.497 e. The van der Waals surface area contributed by atoms with Crippen LogP contribution in [0.4, 0.5) is 0 Å². The molecule has 0 fully saturated rings. The minimum atomic E-state index is 0.476. The molecule has 0 aliphatic heterocycles. The second-order valence-corrected chi connectivity index (χ2v) is 5.10. The summed E-state index contributed by atoms with van der Waals surface area (Å²) >= 11 is 5.22. The van der Waals surface area contributed by atoms with Crippen LogP contribution in [0.15, 0.2) is 23.3 Å². The van der Waals surface area contributed by atoms with Crippen LogP contribution in [-0.4, -0.2) is 35.3 Å². The van der Waals surface area contributed by atoms with Crippen LogP contribution < -0.4 is 9.47 Å². The van der Waals surface area contributed by atoms with E-state index in [0.29, 0.717) is 4.77 Å². The zero-order valence-corrected chi connectivity index (χ0v) is 13.8. The molecule has 0 aliphatic rings. The maximum atomic E-state index is 5.33. The molecule has 2 rings (SSSR count). The maximum Gasteiger partial charge on any atom is 0.216 e. The summed E-state index contributed by atoms with van der Waals surface area (Å²) in [6.45, 7) is 2.13. The number of unbranched alkanes of at least 4 members (excludes halogenated alkanes) is 1. The number of ether oxygens (including phenoxy) is 2. The highest BCUT2D eigenvalue weighted by atomic mass is 32.1. The van der Waals surface area contributed by atoms with E-state index < -0.39 is 0 Å². The fourth-order valence-electron chi connectivity index (χ4n) is 2.00. The second kappa shape index (κ2) is 7.74. The molecule has 7 heteroatoms. The van der Waals surface area contributed by atoms with Gasteiger partial charge in [0.1, 0.15) is 11.5 Å². The Hall–Kier alpha value is -2.15. The van der Waals surface area contributed by atoms with Crippen LogP contribution in [0, 0.1) is 4.77 Å². The predicted octanol–water partition coefficient (Wildman–Crippen LogP) is 3.18. The summed E-state index contributed by atoms with van der Waals surface area (Å²) in [5.74, 6) is 2.28. The summed E-state index contributed by atoms with van der Waals surface area (Å²) in [5, 5.41) is 11.4. The Morgan fingerprint density at radius 1 is 1.36 bits per heavy atom. The monoisotopic (exact) mass is 320 g/mol. The van der Waals surface area contributed by atoms with Gasteiger partial charge in [0.25, 0.3) is 0 Å². The van der Waals surface area contributed by atoms with Gasteiger partial charge in [0.2, 0.25) is 4.77 Å². The lowest BCUT2D eigenvalue weighted by Crippen LogP contribution is -2.00. The standard InChI is InChI=1S/C15H20N4O2S/c1-4-5-6-14-17-18-15(22)19(14)16-10-11-9-12(20-2)7-8-13(11)21-3/h7-10H,4-6H2,1-3H3,(H,18,22)/b16-10-. The van der Waals surface area contributed by atoms with Crippen molar-refractivity contribution in [2.75, 3.05) is 14.2 Å². The SMILES string of the molecule is CCCCc1n[nH]c(=S)n1/N=C\c1cc(OC)ccc1OC. The maximum absolute atomic E-state index is 5.33. The Bertz CT molecular complexity index is 706. The van der Waals surface area contributed by atoms with E-state index in [1.165, 1.54) is 0 Å². The Morgan fingerprint density at radius 3 is 2.86 bits per heavy atom. The van der Waals surface area contributed by atoms with Crippen molar-refractivity contribution in [1.82, 2.24) is 14.9 Å². The smallest absolute Gasteiger partial charge is 0.216 e. The number of hydrogen-bond donors (Lipinski definition) is 1. The van der Waals surface area contributed by atoms with Gasteiger partial charge in [-0.15, -0.1) is 0 Å². The molecule has 0 amide bonds. The molecule has 1 N–H and O–H groups in total. The number of nitrogens with one attached hydrogen (secondary N) is 1. The normalized spacial score (nSPS) is 11.0. The van der Waals surface area contributed by atoms with Gasteiger partial charge in [-0.3, -0.25) is 5.10 Å². The molecule has 2 aromatic rings. The number of H-pyrrole nitrogens is 1. The summed E-state index contributed by atoms with van der Waals surface area (Å²) in [4.78, 5) is 0. The van der Waals surface area contributed by atoms with Crippen LogP contribution in [0.3, 0.4) is 0 Å². The zero-order valence-electron chi connectivity index (χ0n) is 13.0. The van der Waals surface area contributed by atoms with Crippen molar-refractivity contribution < 1.29 is 9.47 Å². The Kier molecular flexibility index (Phi) is 5.71. The molecule has 118 valence electrons. The third-order valence-electron chi connectivity index (χ3n) is 3.22. The summed E-state index contributed by atoms with van der Waals surface area (Å²) in [6, 6.07) is 5.54. The van der Waals surface area contributed by atoms with E-state index in [-0.39, 0.29) is 0 Å². The Labute approximate surface area is 134 Å². The molecule has 6 nitrogen and oxygen atoms in total. The second-order valence-electron chi connectivity index (χ2n) is 4.71. The molecule has 1 aromatic carbocycles. The third kappa shape index (κ3) is 3.73. The quantitative estimate of drug-likeness (QED) is 0.628. The number of aromatic nitrogens is 3. The number of hydrogen-bond acceptors (Lipinski definition) is 5. The molecule has 0 atom stereocenters. The van der Waals surface area contributed by atoms with Crippen LogP contribution in [0.2, 0.25) is 0 Å². The molecular formula is C15H20N4O2S. The Morgan fingerprint density at radius 2 is 2.18 bits per heavy atom. The number of rotatable bonds is 7. The molecule has 22 heavy (non-hydrogen) atoms. The lowest BCUT2D eigenvalue weighted by Gasteiger charge is -2.07. The van der Waals surface area contributed by atoms with Crippen LogP contribution in [0.1, 0.15) is 31.2 Å². The first-order chi connectivity index (χ1) is 10.7. The van der Waals surface area contributed by atoms with Gasteiger partial charge in [-0.1, -0.05) is 13.3 Å². The van der Waals surface area contributed by atoms with Gasteiger partial charge in [-0.25, -0.2) is 0 Å². The van der Waals surface area contributed by atoms with Gasteiger partial charge in [-0.05, 0) is 36.8 Å². The van der Waals surface area contributed by atoms with Crippen molar-refractivity contribution in [3.05, 3.63) is 34.4 Å². The summed E-state index contributed by atoms with van der Waals surface area (Å²) in [5.41, 5.74) is 0.811. The first-order valence-corrected chi connectivity index (χ1v) is 7.53. The molecule has 0 spiro atoms. The molecule has 0 aliphatic carbocycles. The van der Waals surface area contributed by atoms with E-state index in [9.17, 15) is 0 Å².